The Morgan fingerprint density at radius 3 is 3.06 bits per heavy atom. The molecule has 0 N–H and O–H groups in total. The van der Waals surface area contributed by atoms with Crippen LogP contribution in [0.5, 0.6) is 0 Å². The summed E-state index contributed by atoms with van der Waals surface area (Å²) >= 11 is 0. The topological polar surface area (TPSA) is 38.8 Å². The van der Waals surface area contributed by atoms with Gasteiger partial charge in [-0.05, 0) is 39.5 Å². The highest BCUT2D eigenvalue weighted by atomic mass is 16.6. The largest absolute Gasteiger partial charge is 0.455 e. The van der Waals surface area contributed by atoms with Crippen LogP contribution < -0.4 is 0 Å². The van der Waals surface area contributed by atoms with Crippen molar-refractivity contribution in [3.05, 3.63) is 23.8 Å². The molecule has 0 amide bonds. The second-order valence-corrected chi connectivity index (χ2v) is 5.98. The van der Waals surface area contributed by atoms with E-state index in [1.54, 1.807) is 0 Å². The van der Waals surface area contributed by atoms with E-state index in [2.05, 4.69) is 26.5 Å². The lowest BCUT2D eigenvalue weighted by molar-refractivity contribution is -0.140. The minimum Gasteiger partial charge on any atom is -0.455 e. The average molecular weight is 248 g/mol. The Morgan fingerprint density at radius 1 is 1.50 bits per heavy atom. The van der Waals surface area contributed by atoms with Gasteiger partial charge in [0.1, 0.15) is 12.2 Å². The third-order valence-corrected chi connectivity index (χ3v) is 4.57. The Morgan fingerprint density at radius 2 is 2.28 bits per heavy atom. The Balaban J connectivity index is 1.87. The van der Waals surface area contributed by atoms with Crippen LogP contribution in [0.3, 0.4) is 0 Å². The van der Waals surface area contributed by atoms with Crippen molar-refractivity contribution in [3.8, 4) is 0 Å². The van der Waals surface area contributed by atoms with Crippen molar-refractivity contribution >= 4 is 5.97 Å². The molecule has 2 aliphatic heterocycles. The summed E-state index contributed by atoms with van der Waals surface area (Å²) in [6.45, 7) is 8.17. The van der Waals surface area contributed by atoms with Crippen molar-refractivity contribution in [2.45, 2.75) is 57.3 Å². The second kappa shape index (κ2) is 3.95. The summed E-state index contributed by atoms with van der Waals surface area (Å²) in [6, 6.07) is 0. The molecule has 98 valence electrons. The van der Waals surface area contributed by atoms with E-state index in [9.17, 15) is 4.79 Å². The minimum atomic E-state index is -0.233. The van der Waals surface area contributed by atoms with Crippen LogP contribution in [0.15, 0.2) is 23.8 Å². The molecule has 0 bridgehead atoms. The maximum Gasteiger partial charge on any atom is 0.334 e. The molecule has 2 heterocycles. The van der Waals surface area contributed by atoms with Crippen LogP contribution in [-0.2, 0) is 14.3 Å². The second-order valence-electron chi connectivity index (χ2n) is 5.98. The molecule has 0 aromatic carbocycles. The summed E-state index contributed by atoms with van der Waals surface area (Å²) in [5.41, 5.74) is 1.91. The molecular formula is C15H20O3. The van der Waals surface area contributed by atoms with Gasteiger partial charge in [-0.1, -0.05) is 18.2 Å². The molecule has 18 heavy (non-hydrogen) atoms. The maximum atomic E-state index is 11.7. The van der Waals surface area contributed by atoms with Crippen molar-refractivity contribution in [1.29, 1.82) is 0 Å². The normalized spacial score (nSPS) is 46.6. The molecule has 0 aromatic rings. The van der Waals surface area contributed by atoms with Crippen LogP contribution in [-0.4, -0.2) is 23.8 Å². The lowest BCUT2D eigenvalue weighted by atomic mass is 9.84. The van der Waals surface area contributed by atoms with Gasteiger partial charge in [-0.3, -0.25) is 0 Å². The highest BCUT2D eigenvalue weighted by Gasteiger charge is 2.61. The first kappa shape index (κ1) is 12.0. The molecule has 0 aromatic heterocycles. The number of ether oxygens (including phenoxy) is 2. The van der Waals surface area contributed by atoms with Crippen LogP contribution >= 0.6 is 0 Å². The van der Waals surface area contributed by atoms with E-state index >= 15 is 0 Å². The zero-order valence-corrected chi connectivity index (χ0v) is 11.1. The fourth-order valence-electron chi connectivity index (χ4n) is 3.20. The van der Waals surface area contributed by atoms with Crippen LogP contribution in [0.25, 0.3) is 0 Å². The number of fused-ring (bicyclic) bond motifs is 3. The molecular weight excluding hydrogens is 228 g/mol. The molecule has 0 unspecified atom stereocenters. The SMILES string of the molecule is C=C1C(=O)O[C@@H]2[C@H]1CC/C(C)=C/CC[C@]1(C)O[C@@H]21. The predicted octanol–water partition coefficient (Wildman–Crippen LogP) is 2.76. The molecule has 3 nitrogen and oxygen atoms in total. The highest BCUT2D eigenvalue weighted by molar-refractivity contribution is 5.91. The summed E-state index contributed by atoms with van der Waals surface area (Å²) in [5.74, 6) is -0.102. The molecule has 0 radical (unpaired) electrons. The zero-order valence-electron chi connectivity index (χ0n) is 11.1. The van der Waals surface area contributed by atoms with Gasteiger partial charge in [0.15, 0.2) is 0 Å². The number of carbonyl (C=O) groups is 1. The Labute approximate surface area is 108 Å². The molecule has 2 saturated heterocycles. The summed E-state index contributed by atoms with van der Waals surface area (Å²) in [7, 11) is 0. The van der Waals surface area contributed by atoms with Gasteiger partial charge in [-0.15, -0.1) is 0 Å². The van der Waals surface area contributed by atoms with Crippen LogP contribution in [0.2, 0.25) is 0 Å². The first-order valence-corrected chi connectivity index (χ1v) is 6.74. The van der Waals surface area contributed by atoms with Crippen molar-refractivity contribution in [2.24, 2.45) is 5.92 Å². The Hall–Kier alpha value is -1.09. The third kappa shape index (κ3) is 1.81. The van der Waals surface area contributed by atoms with E-state index in [1.165, 1.54) is 5.57 Å². The first-order chi connectivity index (χ1) is 8.51. The smallest absolute Gasteiger partial charge is 0.334 e. The number of rotatable bonds is 0. The molecule has 0 spiro atoms. The van der Waals surface area contributed by atoms with Crippen LogP contribution in [0, 0.1) is 5.92 Å². The van der Waals surface area contributed by atoms with E-state index in [1.807, 2.05) is 0 Å². The van der Waals surface area contributed by atoms with Gasteiger partial charge in [-0.25, -0.2) is 4.79 Å². The number of epoxide rings is 1. The molecule has 3 rings (SSSR count). The van der Waals surface area contributed by atoms with Crippen molar-refractivity contribution < 1.29 is 14.3 Å². The quantitative estimate of drug-likeness (QED) is 0.286. The average Bonchev–Trinajstić information content (AvgIpc) is 2.90. The van der Waals surface area contributed by atoms with Crippen molar-refractivity contribution in [1.82, 2.24) is 0 Å². The van der Waals surface area contributed by atoms with Crippen molar-refractivity contribution in [3.63, 3.8) is 0 Å². The standard InChI is InChI=1S/C15H20O3/c1-9-5-4-8-15(3)13(18-15)12-11(7-6-9)10(2)14(16)17-12/h5,11-13H,2,4,6-8H2,1,3H3/b9-5+/t11-,12+,13-,15-/m0/s1. The van der Waals surface area contributed by atoms with Gasteiger partial charge >= 0.3 is 5.97 Å². The van der Waals surface area contributed by atoms with E-state index in [0.29, 0.717) is 5.57 Å². The zero-order chi connectivity index (χ0) is 12.9. The van der Waals surface area contributed by atoms with Gasteiger partial charge in [-0.2, -0.15) is 0 Å². The van der Waals surface area contributed by atoms with Gasteiger partial charge in [0.2, 0.25) is 0 Å². The molecule has 1 aliphatic carbocycles. The Kier molecular flexibility index (Phi) is 2.63. The number of hydrogen-bond donors (Lipinski definition) is 0. The van der Waals surface area contributed by atoms with Crippen LogP contribution in [0.1, 0.15) is 39.5 Å². The van der Waals surface area contributed by atoms with E-state index < -0.39 is 0 Å². The summed E-state index contributed by atoms with van der Waals surface area (Å²) in [4.78, 5) is 11.7. The number of carbonyl (C=O) groups excluding carboxylic acids is 1. The van der Waals surface area contributed by atoms with E-state index in [0.717, 1.165) is 25.7 Å². The fraction of sp³-hybridized carbons (Fsp3) is 0.667. The Bertz CT molecular complexity index is 437. The lowest BCUT2D eigenvalue weighted by Gasteiger charge is -2.19. The summed E-state index contributed by atoms with van der Waals surface area (Å²) in [5, 5.41) is 0. The first-order valence-electron chi connectivity index (χ1n) is 6.74. The van der Waals surface area contributed by atoms with Gasteiger partial charge in [0, 0.05) is 11.5 Å². The number of hydrogen-bond acceptors (Lipinski definition) is 3. The van der Waals surface area contributed by atoms with E-state index in [-0.39, 0.29) is 29.7 Å². The van der Waals surface area contributed by atoms with E-state index in [4.69, 9.17) is 9.47 Å². The maximum absolute atomic E-state index is 11.7. The highest BCUT2D eigenvalue weighted by Crippen LogP contribution is 2.49. The molecule has 0 saturated carbocycles. The van der Waals surface area contributed by atoms with Gasteiger partial charge in [0.05, 0.1) is 5.60 Å². The predicted molar refractivity (Wildman–Crippen MR) is 68.0 cm³/mol. The molecule has 2 fully saturated rings. The minimum absolute atomic E-state index is 0.0671. The monoisotopic (exact) mass is 248 g/mol. The van der Waals surface area contributed by atoms with Gasteiger partial charge < -0.3 is 9.47 Å². The summed E-state index contributed by atoms with van der Waals surface area (Å²) in [6.07, 6.45) is 6.25. The van der Waals surface area contributed by atoms with Crippen LogP contribution in [0.4, 0.5) is 0 Å². The molecule has 3 aliphatic rings. The number of esters is 1. The van der Waals surface area contributed by atoms with Gasteiger partial charge in [0.25, 0.3) is 0 Å². The summed E-state index contributed by atoms with van der Waals surface area (Å²) < 4.78 is 11.3. The molecule has 4 atom stereocenters. The van der Waals surface area contributed by atoms with Crippen molar-refractivity contribution in [2.75, 3.05) is 0 Å². The fourth-order valence-corrected chi connectivity index (χ4v) is 3.20. The number of allylic oxidation sites excluding steroid dienone is 2. The third-order valence-electron chi connectivity index (χ3n) is 4.57. The lowest BCUT2D eigenvalue weighted by Crippen LogP contribution is -2.28. The molecule has 3 heteroatoms.